The number of hydrogen-bond donors (Lipinski definition) is 2. The summed E-state index contributed by atoms with van der Waals surface area (Å²) in [5, 5.41) is 9.57. The molecular formula is C11H14Cl2FNO. The van der Waals surface area contributed by atoms with Crippen molar-refractivity contribution in [1.82, 2.24) is 0 Å². The van der Waals surface area contributed by atoms with Gasteiger partial charge >= 0.3 is 0 Å². The third kappa shape index (κ3) is 3.67. The van der Waals surface area contributed by atoms with E-state index in [0.29, 0.717) is 18.4 Å². The Labute approximate surface area is 105 Å². The average Bonchev–Trinajstić information content (AvgIpc) is 2.19. The molecule has 0 aliphatic heterocycles. The second-order valence-electron chi connectivity index (χ2n) is 3.30. The molecule has 0 saturated carbocycles. The molecule has 1 aromatic rings. The van der Waals surface area contributed by atoms with E-state index in [1.54, 1.807) is 6.08 Å². The van der Waals surface area contributed by atoms with Gasteiger partial charge in [0.15, 0.2) is 0 Å². The largest absolute Gasteiger partial charge is 0.506 e. The van der Waals surface area contributed by atoms with Crippen molar-refractivity contribution in [3.05, 3.63) is 41.2 Å². The van der Waals surface area contributed by atoms with Crippen LogP contribution >= 0.6 is 24.0 Å². The monoisotopic (exact) mass is 265 g/mol. The van der Waals surface area contributed by atoms with Gasteiger partial charge in [0.2, 0.25) is 0 Å². The number of halogens is 3. The van der Waals surface area contributed by atoms with Crippen molar-refractivity contribution in [3.63, 3.8) is 0 Å². The summed E-state index contributed by atoms with van der Waals surface area (Å²) >= 11 is 5.63. The lowest BCUT2D eigenvalue weighted by molar-refractivity contribution is 0.456. The molecule has 0 aliphatic rings. The summed E-state index contributed by atoms with van der Waals surface area (Å²) in [6.45, 7) is 3.57. The summed E-state index contributed by atoms with van der Waals surface area (Å²) in [7, 11) is 0. The summed E-state index contributed by atoms with van der Waals surface area (Å²) in [6, 6.07) is 1.83. The summed E-state index contributed by atoms with van der Waals surface area (Å²) in [5.74, 6) is -0.642. The van der Waals surface area contributed by atoms with Gasteiger partial charge in [0.25, 0.3) is 0 Å². The molecular weight excluding hydrogens is 252 g/mol. The maximum absolute atomic E-state index is 13.0. The van der Waals surface area contributed by atoms with Crippen molar-refractivity contribution in [3.8, 4) is 5.75 Å². The van der Waals surface area contributed by atoms with Crippen LogP contribution in [0, 0.1) is 5.82 Å². The van der Waals surface area contributed by atoms with Gasteiger partial charge in [-0.25, -0.2) is 4.39 Å². The Morgan fingerprint density at radius 3 is 2.75 bits per heavy atom. The quantitative estimate of drug-likeness (QED) is 0.818. The van der Waals surface area contributed by atoms with Crippen LogP contribution < -0.4 is 5.73 Å². The number of allylic oxidation sites excluding steroid dienone is 1. The van der Waals surface area contributed by atoms with Crippen molar-refractivity contribution in [2.45, 2.75) is 18.9 Å². The van der Waals surface area contributed by atoms with Gasteiger partial charge in [-0.3, -0.25) is 0 Å². The van der Waals surface area contributed by atoms with Crippen molar-refractivity contribution in [2.24, 2.45) is 5.73 Å². The van der Waals surface area contributed by atoms with Crippen LogP contribution in [0.4, 0.5) is 4.39 Å². The Morgan fingerprint density at radius 2 is 2.19 bits per heavy atom. The second-order valence-corrected chi connectivity index (χ2v) is 3.71. The van der Waals surface area contributed by atoms with Crippen molar-refractivity contribution < 1.29 is 9.50 Å². The molecule has 0 amide bonds. The first-order chi connectivity index (χ1) is 7.06. The van der Waals surface area contributed by atoms with Crippen LogP contribution in [-0.4, -0.2) is 5.11 Å². The van der Waals surface area contributed by atoms with Crippen LogP contribution in [0.1, 0.15) is 24.4 Å². The molecule has 0 fully saturated rings. The van der Waals surface area contributed by atoms with E-state index in [-0.39, 0.29) is 23.2 Å². The smallest absolute Gasteiger partial charge is 0.139 e. The van der Waals surface area contributed by atoms with E-state index >= 15 is 0 Å². The molecule has 3 N–H and O–H groups in total. The zero-order valence-electron chi connectivity index (χ0n) is 8.62. The molecule has 0 saturated heterocycles. The molecule has 2 nitrogen and oxygen atoms in total. The molecule has 1 atom stereocenters. The first-order valence-corrected chi connectivity index (χ1v) is 4.98. The fourth-order valence-electron chi connectivity index (χ4n) is 1.32. The minimum atomic E-state index is -0.498. The predicted molar refractivity (Wildman–Crippen MR) is 66.7 cm³/mol. The molecule has 0 bridgehead atoms. The number of aromatic hydroxyl groups is 1. The van der Waals surface area contributed by atoms with E-state index < -0.39 is 11.9 Å². The highest BCUT2D eigenvalue weighted by Crippen LogP contribution is 2.33. The summed E-state index contributed by atoms with van der Waals surface area (Å²) in [5.41, 5.74) is 6.12. The predicted octanol–water partition coefficient (Wildman–Crippen LogP) is 3.57. The summed E-state index contributed by atoms with van der Waals surface area (Å²) in [4.78, 5) is 0. The van der Waals surface area contributed by atoms with E-state index in [9.17, 15) is 9.50 Å². The lowest BCUT2D eigenvalue weighted by Crippen LogP contribution is -2.10. The van der Waals surface area contributed by atoms with Crippen LogP contribution in [-0.2, 0) is 0 Å². The lowest BCUT2D eigenvalue weighted by Gasteiger charge is -2.13. The van der Waals surface area contributed by atoms with E-state index in [0.717, 1.165) is 6.07 Å². The maximum atomic E-state index is 13.0. The van der Waals surface area contributed by atoms with Gasteiger partial charge < -0.3 is 10.8 Å². The highest BCUT2D eigenvalue weighted by molar-refractivity contribution is 6.32. The highest BCUT2D eigenvalue weighted by atomic mass is 35.5. The van der Waals surface area contributed by atoms with Crippen LogP contribution in [0.15, 0.2) is 24.8 Å². The molecule has 0 aromatic heterocycles. The molecule has 0 heterocycles. The van der Waals surface area contributed by atoms with E-state index in [1.165, 1.54) is 6.07 Å². The Hall–Kier alpha value is -0.770. The second kappa shape index (κ2) is 6.74. The van der Waals surface area contributed by atoms with Crippen LogP contribution in [0.2, 0.25) is 5.02 Å². The van der Waals surface area contributed by atoms with Gasteiger partial charge in [-0.15, -0.1) is 19.0 Å². The van der Waals surface area contributed by atoms with Crippen LogP contribution in [0.5, 0.6) is 5.75 Å². The SMILES string of the molecule is C=CCC[C@H](N)c1cc(F)cc(Cl)c1O.Cl. The van der Waals surface area contributed by atoms with E-state index in [2.05, 4.69) is 6.58 Å². The molecule has 0 aliphatic carbocycles. The third-order valence-corrected chi connectivity index (χ3v) is 2.43. The molecule has 16 heavy (non-hydrogen) atoms. The summed E-state index contributed by atoms with van der Waals surface area (Å²) < 4.78 is 13.0. The normalized spacial score (nSPS) is 11.7. The van der Waals surface area contributed by atoms with Gasteiger partial charge in [-0.05, 0) is 25.0 Å². The van der Waals surface area contributed by atoms with Gasteiger partial charge in [0.05, 0.1) is 5.02 Å². The molecule has 1 rings (SSSR count). The number of nitrogens with two attached hydrogens (primary N) is 1. The van der Waals surface area contributed by atoms with Gasteiger partial charge in [-0.2, -0.15) is 0 Å². The fourth-order valence-corrected chi connectivity index (χ4v) is 1.53. The van der Waals surface area contributed by atoms with Crippen molar-refractivity contribution in [2.75, 3.05) is 0 Å². The zero-order chi connectivity index (χ0) is 11.4. The first-order valence-electron chi connectivity index (χ1n) is 4.60. The number of hydrogen-bond acceptors (Lipinski definition) is 2. The van der Waals surface area contributed by atoms with E-state index in [1.807, 2.05) is 0 Å². The Kier molecular flexibility index (Phi) is 6.41. The summed E-state index contributed by atoms with van der Waals surface area (Å²) in [6.07, 6.45) is 3.02. The van der Waals surface area contributed by atoms with Gasteiger partial charge in [0.1, 0.15) is 11.6 Å². The van der Waals surface area contributed by atoms with Gasteiger partial charge in [-0.1, -0.05) is 17.7 Å². The number of benzene rings is 1. The fraction of sp³-hybridized carbons (Fsp3) is 0.273. The molecule has 1 aromatic carbocycles. The third-order valence-electron chi connectivity index (χ3n) is 2.14. The number of phenolic OH excluding ortho intramolecular Hbond substituents is 1. The Balaban J connectivity index is 0.00000225. The van der Waals surface area contributed by atoms with Crippen LogP contribution in [0.3, 0.4) is 0 Å². The Morgan fingerprint density at radius 1 is 1.56 bits per heavy atom. The highest BCUT2D eigenvalue weighted by Gasteiger charge is 2.14. The Bertz CT molecular complexity index is 371. The standard InChI is InChI=1S/C11H13ClFNO.ClH/c1-2-3-4-10(14)8-5-7(13)6-9(12)11(8)15;/h2,5-6,10,15H,1,3-4,14H2;1H/t10-;/m0./s1. The number of phenols is 1. The van der Waals surface area contributed by atoms with Crippen LogP contribution in [0.25, 0.3) is 0 Å². The van der Waals surface area contributed by atoms with Crippen molar-refractivity contribution in [1.29, 1.82) is 0 Å². The van der Waals surface area contributed by atoms with Crippen molar-refractivity contribution >= 4 is 24.0 Å². The maximum Gasteiger partial charge on any atom is 0.139 e. The molecule has 0 spiro atoms. The van der Waals surface area contributed by atoms with E-state index in [4.69, 9.17) is 17.3 Å². The minimum Gasteiger partial charge on any atom is -0.506 e. The zero-order valence-corrected chi connectivity index (χ0v) is 10.2. The molecule has 0 unspecified atom stereocenters. The lowest BCUT2D eigenvalue weighted by atomic mass is 10.0. The number of rotatable bonds is 4. The molecule has 5 heteroatoms. The minimum absolute atomic E-state index is 0. The van der Waals surface area contributed by atoms with Gasteiger partial charge in [0, 0.05) is 11.6 Å². The molecule has 0 radical (unpaired) electrons. The molecule has 90 valence electrons. The average molecular weight is 266 g/mol. The topological polar surface area (TPSA) is 46.2 Å². The first kappa shape index (κ1) is 15.2.